The van der Waals surface area contributed by atoms with E-state index in [-0.39, 0.29) is 13.2 Å². The molecule has 0 aliphatic rings. The van der Waals surface area contributed by atoms with Crippen molar-refractivity contribution in [1.29, 1.82) is 0 Å². The Hall–Kier alpha value is -1.89. The first-order valence-corrected chi connectivity index (χ1v) is 5.25. The van der Waals surface area contributed by atoms with Crippen molar-refractivity contribution in [1.82, 2.24) is 15.5 Å². The summed E-state index contributed by atoms with van der Waals surface area (Å²) in [6.07, 6.45) is 1.60. The molecule has 94 valence electrons. The number of carbonyl (C=O) groups excluding carboxylic acids is 2. The third-order valence-corrected chi connectivity index (χ3v) is 2.21. The predicted molar refractivity (Wildman–Crippen MR) is 59.8 cm³/mol. The van der Waals surface area contributed by atoms with Gasteiger partial charge in [-0.1, -0.05) is 0 Å². The number of hydrogen-bond acceptors (Lipinski definition) is 5. The standard InChI is InChI=1S/C10H16N4O3/c1-3-17-10(16)8(11)9(15)12-4-7-5-13-14-6(7)2/h5,8H,3-4,11H2,1-2H3,(H,12,15)(H,13,14). The number of ether oxygens (including phenoxy) is 1. The van der Waals surface area contributed by atoms with Crippen LogP contribution in [0, 0.1) is 6.92 Å². The number of nitrogens with zero attached hydrogens (tertiary/aromatic N) is 1. The second-order valence-electron chi connectivity index (χ2n) is 3.47. The summed E-state index contributed by atoms with van der Waals surface area (Å²) in [6, 6.07) is -1.29. The summed E-state index contributed by atoms with van der Waals surface area (Å²) < 4.78 is 4.64. The van der Waals surface area contributed by atoms with Gasteiger partial charge in [0.1, 0.15) is 0 Å². The molecule has 0 spiro atoms. The molecular weight excluding hydrogens is 224 g/mol. The maximum Gasteiger partial charge on any atom is 0.332 e. The molecule has 1 aromatic heterocycles. The molecule has 0 aliphatic heterocycles. The molecule has 0 fully saturated rings. The van der Waals surface area contributed by atoms with Crippen molar-refractivity contribution < 1.29 is 14.3 Å². The van der Waals surface area contributed by atoms with Gasteiger partial charge in [-0.3, -0.25) is 9.89 Å². The van der Waals surface area contributed by atoms with E-state index in [2.05, 4.69) is 20.3 Å². The molecule has 0 saturated heterocycles. The lowest BCUT2D eigenvalue weighted by atomic mass is 10.2. The first-order valence-electron chi connectivity index (χ1n) is 5.25. The summed E-state index contributed by atoms with van der Waals surface area (Å²) in [5.41, 5.74) is 7.11. The molecule has 17 heavy (non-hydrogen) atoms. The highest BCUT2D eigenvalue weighted by Crippen LogP contribution is 2.01. The average Bonchev–Trinajstić information content (AvgIpc) is 2.71. The molecular formula is C10H16N4O3. The summed E-state index contributed by atoms with van der Waals surface area (Å²) >= 11 is 0. The largest absolute Gasteiger partial charge is 0.464 e. The smallest absolute Gasteiger partial charge is 0.332 e. The van der Waals surface area contributed by atoms with Gasteiger partial charge in [0.15, 0.2) is 6.04 Å². The Labute approximate surface area is 98.7 Å². The molecule has 0 bridgehead atoms. The van der Waals surface area contributed by atoms with Crippen LogP contribution in [-0.2, 0) is 20.9 Å². The van der Waals surface area contributed by atoms with Crippen LogP contribution in [0.2, 0.25) is 0 Å². The molecule has 0 saturated carbocycles. The van der Waals surface area contributed by atoms with Gasteiger partial charge in [0.05, 0.1) is 12.8 Å². The van der Waals surface area contributed by atoms with Crippen LogP contribution in [0.5, 0.6) is 0 Å². The normalized spacial score (nSPS) is 11.9. The molecule has 1 atom stereocenters. The van der Waals surface area contributed by atoms with Crippen LogP contribution in [0.3, 0.4) is 0 Å². The van der Waals surface area contributed by atoms with E-state index < -0.39 is 17.9 Å². The zero-order valence-electron chi connectivity index (χ0n) is 9.82. The average molecular weight is 240 g/mol. The number of rotatable bonds is 5. The van der Waals surface area contributed by atoms with Crippen LogP contribution < -0.4 is 11.1 Å². The van der Waals surface area contributed by atoms with Crippen molar-refractivity contribution in [3.8, 4) is 0 Å². The van der Waals surface area contributed by atoms with Gasteiger partial charge in [-0.15, -0.1) is 0 Å². The van der Waals surface area contributed by atoms with Crippen molar-refractivity contribution in [3.05, 3.63) is 17.5 Å². The van der Waals surface area contributed by atoms with E-state index in [0.29, 0.717) is 0 Å². The van der Waals surface area contributed by atoms with Gasteiger partial charge in [0, 0.05) is 17.8 Å². The third kappa shape index (κ3) is 3.56. The Morgan fingerprint density at radius 2 is 2.35 bits per heavy atom. The lowest BCUT2D eigenvalue weighted by Crippen LogP contribution is -2.46. The van der Waals surface area contributed by atoms with E-state index in [1.807, 2.05) is 6.92 Å². The zero-order valence-corrected chi connectivity index (χ0v) is 9.82. The number of nitrogens with two attached hydrogens (primary N) is 1. The highest BCUT2D eigenvalue weighted by molar-refractivity contribution is 6.01. The van der Waals surface area contributed by atoms with Crippen LogP contribution in [0.15, 0.2) is 6.20 Å². The van der Waals surface area contributed by atoms with Crippen LogP contribution in [0.25, 0.3) is 0 Å². The molecule has 1 aromatic rings. The molecule has 0 aliphatic carbocycles. The van der Waals surface area contributed by atoms with Gasteiger partial charge >= 0.3 is 5.97 Å². The molecule has 1 heterocycles. The highest BCUT2D eigenvalue weighted by Gasteiger charge is 2.23. The second-order valence-corrected chi connectivity index (χ2v) is 3.47. The fraction of sp³-hybridized carbons (Fsp3) is 0.500. The van der Waals surface area contributed by atoms with Gasteiger partial charge in [-0.05, 0) is 13.8 Å². The number of aryl methyl sites for hydroxylation is 1. The molecule has 1 rings (SSSR count). The van der Waals surface area contributed by atoms with Gasteiger partial charge < -0.3 is 15.8 Å². The summed E-state index contributed by atoms with van der Waals surface area (Å²) in [4.78, 5) is 22.7. The number of H-pyrrole nitrogens is 1. The first kappa shape index (κ1) is 13.2. The fourth-order valence-corrected chi connectivity index (χ4v) is 1.19. The number of aromatic amines is 1. The minimum absolute atomic E-state index is 0.195. The number of esters is 1. The quantitative estimate of drug-likeness (QED) is 0.462. The number of hydrogen-bond donors (Lipinski definition) is 3. The Morgan fingerprint density at radius 3 is 2.88 bits per heavy atom. The summed E-state index contributed by atoms with van der Waals surface area (Å²) in [5.74, 6) is -1.29. The lowest BCUT2D eigenvalue weighted by Gasteiger charge is -2.10. The summed E-state index contributed by atoms with van der Waals surface area (Å²) in [5, 5.41) is 9.09. The van der Waals surface area contributed by atoms with Crippen LogP contribution in [0.4, 0.5) is 0 Å². The predicted octanol–water partition coefficient (Wildman–Crippen LogP) is -0.775. The Balaban J connectivity index is 2.44. The fourth-order valence-electron chi connectivity index (χ4n) is 1.19. The Bertz CT molecular complexity index is 402. The van der Waals surface area contributed by atoms with Crippen LogP contribution >= 0.6 is 0 Å². The van der Waals surface area contributed by atoms with Crippen molar-refractivity contribution in [2.75, 3.05) is 6.61 Å². The maximum atomic E-state index is 11.5. The number of aromatic nitrogens is 2. The van der Waals surface area contributed by atoms with Crippen LogP contribution in [0.1, 0.15) is 18.2 Å². The molecule has 0 radical (unpaired) electrons. The number of nitrogens with one attached hydrogen (secondary N) is 2. The molecule has 7 nitrogen and oxygen atoms in total. The minimum atomic E-state index is -1.29. The van der Waals surface area contributed by atoms with Crippen molar-refractivity contribution in [2.24, 2.45) is 5.73 Å². The minimum Gasteiger partial charge on any atom is -0.464 e. The zero-order chi connectivity index (χ0) is 12.8. The number of carbonyl (C=O) groups is 2. The topological polar surface area (TPSA) is 110 Å². The summed E-state index contributed by atoms with van der Waals surface area (Å²) in [7, 11) is 0. The number of amides is 1. The van der Waals surface area contributed by atoms with Crippen molar-refractivity contribution in [3.63, 3.8) is 0 Å². The molecule has 4 N–H and O–H groups in total. The van der Waals surface area contributed by atoms with Gasteiger partial charge in [0.25, 0.3) is 0 Å². The monoisotopic (exact) mass is 240 g/mol. The summed E-state index contributed by atoms with van der Waals surface area (Å²) in [6.45, 7) is 3.95. The third-order valence-electron chi connectivity index (χ3n) is 2.21. The van der Waals surface area contributed by atoms with Crippen molar-refractivity contribution in [2.45, 2.75) is 26.4 Å². The van der Waals surface area contributed by atoms with Gasteiger partial charge in [-0.2, -0.15) is 5.10 Å². The molecule has 1 amide bonds. The highest BCUT2D eigenvalue weighted by atomic mass is 16.5. The Morgan fingerprint density at radius 1 is 1.65 bits per heavy atom. The van der Waals surface area contributed by atoms with E-state index in [1.165, 1.54) is 0 Å². The molecule has 1 unspecified atom stereocenters. The molecule has 0 aromatic carbocycles. The first-order chi connectivity index (χ1) is 8.06. The van der Waals surface area contributed by atoms with E-state index in [9.17, 15) is 9.59 Å². The van der Waals surface area contributed by atoms with E-state index >= 15 is 0 Å². The van der Waals surface area contributed by atoms with Crippen molar-refractivity contribution >= 4 is 11.9 Å². The van der Waals surface area contributed by atoms with E-state index in [1.54, 1.807) is 13.1 Å². The maximum absolute atomic E-state index is 11.5. The Kier molecular flexibility index (Phi) is 4.65. The van der Waals surface area contributed by atoms with E-state index in [0.717, 1.165) is 11.3 Å². The van der Waals surface area contributed by atoms with Gasteiger partial charge in [-0.25, -0.2) is 4.79 Å². The lowest BCUT2D eigenvalue weighted by molar-refractivity contribution is -0.148. The van der Waals surface area contributed by atoms with Crippen LogP contribution in [-0.4, -0.2) is 34.7 Å². The second kappa shape index (κ2) is 6.00. The molecule has 7 heteroatoms. The SMILES string of the molecule is CCOC(=O)C(N)C(=O)NCc1cn[nH]c1C. The van der Waals surface area contributed by atoms with E-state index in [4.69, 9.17) is 5.73 Å². The van der Waals surface area contributed by atoms with Gasteiger partial charge in [0.2, 0.25) is 5.91 Å².